The molecule has 1 spiro atoms. The Hall–Kier alpha value is -1.97. The molecule has 0 unspecified atom stereocenters. The lowest BCUT2D eigenvalue weighted by Crippen LogP contribution is -2.35. The van der Waals surface area contributed by atoms with Gasteiger partial charge in [-0.3, -0.25) is 0 Å². The minimum absolute atomic E-state index is 0.194. The van der Waals surface area contributed by atoms with E-state index in [1.807, 2.05) is 0 Å². The standard InChI is InChI=1S/C14H14F3NO5S/c15-14(16,17)24(21,22)23-10-1-2-11-9(7-10)3-6-18(12(19)20)8-13(11)4-5-13/h1-2,7H,3-6,8H2,(H,19,20). The average Bonchev–Trinajstić information content (AvgIpc) is 3.24. The minimum atomic E-state index is -5.73. The summed E-state index contributed by atoms with van der Waals surface area (Å²) in [6, 6.07) is 3.97. The lowest BCUT2D eigenvalue weighted by Gasteiger charge is -2.22. The number of halogens is 3. The molecule has 0 radical (unpaired) electrons. The molecule has 24 heavy (non-hydrogen) atoms. The van der Waals surface area contributed by atoms with Gasteiger partial charge in [-0.25, -0.2) is 4.79 Å². The summed E-state index contributed by atoms with van der Waals surface area (Å²) in [4.78, 5) is 12.5. The fourth-order valence-electron chi connectivity index (χ4n) is 3.05. The zero-order chi connectivity index (χ0) is 17.8. The maximum absolute atomic E-state index is 12.4. The van der Waals surface area contributed by atoms with Gasteiger partial charge in [-0.2, -0.15) is 21.6 Å². The van der Waals surface area contributed by atoms with Crippen molar-refractivity contribution >= 4 is 16.2 Å². The third kappa shape index (κ3) is 2.90. The highest BCUT2D eigenvalue weighted by Crippen LogP contribution is 2.51. The Balaban J connectivity index is 1.92. The average molecular weight is 365 g/mol. The first kappa shape index (κ1) is 16.9. The number of carboxylic acid groups (broad SMARTS) is 1. The second-order valence-electron chi connectivity index (χ2n) is 6.04. The lowest BCUT2D eigenvalue weighted by molar-refractivity contribution is -0.0500. The molecule has 6 nitrogen and oxygen atoms in total. The Morgan fingerprint density at radius 2 is 1.96 bits per heavy atom. The van der Waals surface area contributed by atoms with Crippen LogP contribution >= 0.6 is 0 Å². The van der Waals surface area contributed by atoms with Crippen LogP contribution in [0.1, 0.15) is 24.0 Å². The minimum Gasteiger partial charge on any atom is -0.465 e. The predicted molar refractivity (Wildman–Crippen MR) is 76.3 cm³/mol. The molecular weight excluding hydrogens is 351 g/mol. The zero-order valence-electron chi connectivity index (χ0n) is 12.3. The van der Waals surface area contributed by atoms with Gasteiger partial charge in [-0.05, 0) is 42.5 Å². The molecule has 3 rings (SSSR count). The van der Waals surface area contributed by atoms with Crippen molar-refractivity contribution in [2.75, 3.05) is 13.1 Å². The van der Waals surface area contributed by atoms with Crippen LogP contribution in [0.3, 0.4) is 0 Å². The van der Waals surface area contributed by atoms with E-state index in [1.165, 1.54) is 23.1 Å². The van der Waals surface area contributed by atoms with Crippen LogP contribution in [0.4, 0.5) is 18.0 Å². The summed E-state index contributed by atoms with van der Waals surface area (Å²) >= 11 is 0. The quantitative estimate of drug-likeness (QED) is 0.643. The Labute approximate surface area is 135 Å². The van der Waals surface area contributed by atoms with Crippen molar-refractivity contribution in [3.63, 3.8) is 0 Å². The summed E-state index contributed by atoms with van der Waals surface area (Å²) in [6.07, 6.45) is 0.799. The Kier molecular flexibility index (Phi) is 3.70. The van der Waals surface area contributed by atoms with E-state index in [9.17, 15) is 31.5 Å². The number of benzene rings is 1. The highest BCUT2D eigenvalue weighted by molar-refractivity contribution is 7.88. The van der Waals surface area contributed by atoms with E-state index in [0.29, 0.717) is 12.1 Å². The first-order valence-electron chi connectivity index (χ1n) is 7.16. The number of fused-ring (bicyclic) bond motifs is 2. The normalized spacial score (nSPS) is 19.5. The van der Waals surface area contributed by atoms with E-state index in [1.54, 1.807) is 0 Å². The van der Waals surface area contributed by atoms with Crippen LogP contribution in [0.5, 0.6) is 5.75 Å². The summed E-state index contributed by atoms with van der Waals surface area (Å²) < 4.78 is 63.6. The second kappa shape index (κ2) is 5.27. The molecule has 1 saturated carbocycles. The van der Waals surface area contributed by atoms with Crippen LogP contribution in [0.25, 0.3) is 0 Å². The van der Waals surface area contributed by atoms with E-state index < -0.39 is 27.5 Å². The molecule has 1 aliphatic heterocycles. The summed E-state index contributed by atoms with van der Waals surface area (Å²) in [5.74, 6) is -0.425. The molecule has 1 aliphatic carbocycles. The van der Waals surface area contributed by atoms with Crippen LogP contribution in [0.15, 0.2) is 18.2 Å². The number of hydrogen-bond donors (Lipinski definition) is 1. The molecule has 1 aromatic carbocycles. The molecule has 2 aliphatic rings. The number of hydrogen-bond acceptors (Lipinski definition) is 4. The maximum Gasteiger partial charge on any atom is 0.534 e. The van der Waals surface area contributed by atoms with Gasteiger partial charge in [0.05, 0.1) is 0 Å². The maximum atomic E-state index is 12.4. The molecule has 0 saturated heterocycles. The molecule has 0 aromatic heterocycles. The van der Waals surface area contributed by atoms with Crippen molar-refractivity contribution in [2.24, 2.45) is 0 Å². The zero-order valence-corrected chi connectivity index (χ0v) is 13.2. The SMILES string of the molecule is O=C(O)N1CCc2cc(OS(=O)(=O)C(F)(F)F)ccc2C2(CC2)C1. The first-order valence-corrected chi connectivity index (χ1v) is 8.57. The molecule has 132 valence electrons. The molecule has 1 N–H and O–H groups in total. The van der Waals surface area contributed by atoms with Crippen molar-refractivity contribution in [1.82, 2.24) is 4.90 Å². The topological polar surface area (TPSA) is 83.9 Å². The van der Waals surface area contributed by atoms with E-state index in [4.69, 9.17) is 0 Å². The summed E-state index contributed by atoms with van der Waals surface area (Å²) in [5, 5.41) is 9.20. The van der Waals surface area contributed by atoms with Crippen LogP contribution < -0.4 is 4.18 Å². The molecule has 1 aromatic rings. The van der Waals surface area contributed by atoms with E-state index >= 15 is 0 Å². The molecule has 0 atom stereocenters. The largest absolute Gasteiger partial charge is 0.534 e. The van der Waals surface area contributed by atoms with Crippen molar-refractivity contribution in [2.45, 2.75) is 30.2 Å². The fraction of sp³-hybridized carbons (Fsp3) is 0.500. The van der Waals surface area contributed by atoms with E-state index in [-0.39, 0.29) is 18.4 Å². The van der Waals surface area contributed by atoms with Gasteiger partial charge < -0.3 is 14.2 Å². The van der Waals surface area contributed by atoms with Crippen LogP contribution in [-0.4, -0.2) is 43.1 Å². The monoisotopic (exact) mass is 365 g/mol. The highest BCUT2D eigenvalue weighted by Gasteiger charge is 2.50. The van der Waals surface area contributed by atoms with Gasteiger partial charge in [0.1, 0.15) is 5.75 Å². The van der Waals surface area contributed by atoms with Crippen LogP contribution in [-0.2, 0) is 22.0 Å². The molecule has 1 amide bonds. The van der Waals surface area contributed by atoms with E-state index in [0.717, 1.165) is 18.4 Å². The van der Waals surface area contributed by atoms with Crippen LogP contribution in [0, 0.1) is 0 Å². The van der Waals surface area contributed by atoms with Gasteiger partial charge in [0.2, 0.25) is 0 Å². The number of amides is 1. The molecule has 10 heteroatoms. The Bertz CT molecular complexity index is 786. The second-order valence-corrected chi connectivity index (χ2v) is 7.57. The summed E-state index contributed by atoms with van der Waals surface area (Å²) in [5.41, 5.74) is -4.36. The number of rotatable bonds is 2. The van der Waals surface area contributed by atoms with E-state index in [2.05, 4.69) is 4.18 Å². The summed E-state index contributed by atoms with van der Waals surface area (Å²) in [7, 11) is -5.73. The third-order valence-corrected chi connectivity index (χ3v) is 5.38. The van der Waals surface area contributed by atoms with Gasteiger partial charge in [0.25, 0.3) is 0 Å². The van der Waals surface area contributed by atoms with Gasteiger partial charge >= 0.3 is 21.7 Å². The van der Waals surface area contributed by atoms with Crippen molar-refractivity contribution in [3.05, 3.63) is 29.3 Å². The van der Waals surface area contributed by atoms with Gasteiger partial charge in [0.15, 0.2) is 0 Å². The highest BCUT2D eigenvalue weighted by atomic mass is 32.2. The summed E-state index contributed by atoms with van der Waals surface area (Å²) in [6.45, 7) is 0.524. The van der Waals surface area contributed by atoms with Gasteiger partial charge in [-0.15, -0.1) is 0 Å². The smallest absolute Gasteiger partial charge is 0.465 e. The molecule has 0 bridgehead atoms. The third-order valence-electron chi connectivity index (χ3n) is 4.41. The van der Waals surface area contributed by atoms with Crippen molar-refractivity contribution < 1.29 is 35.7 Å². The van der Waals surface area contributed by atoms with Gasteiger partial charge in [-0.1, -0.05) is 6.07 Å². The number of nitrogens with zero attached hydrogens (tertiary/aromatic N) is 1. The van der Waals surface area contributed by atoms with Crippen molar-refractivity contribution in [3.8, 4) is 5.75 Å². The van der Waals surface area contributed by atoms with Gasteiger partial charge in [0, 0.05) is 18.5 Å². The van der Waals surface area contributed by atoms with Crippen LogP contribution in [0.2, 0.25) is 0 Å². The molecular formula is C14H14F3NO5S. The number of carbonyl (C=O) groups is 1. The molecule has 1 heterocycles. The fourth-order valence-corrected chi connectivity index (χ4v) is 3.50. The molecule has 1 fully saturated rings. The Morgan fingerprint density at radius 1 is 1.29 bits per heavy atom. The predicted octanol–water partition coefficient (Wildman–Crippen LogP) is 2.48. The lowest BCUT2D eigenvalue weighted by atomic mass is 9.91. The number of alkyl halides is 3. The first-order chi connectivity index (χ1) is 11.0. The van der Waals surface area contributed by atoms with Crippen molar-refractivity contribution in [1.29, 1.82) is 0 Å². The Morgan fingerprint density at radius 3 is 2.50 bits per heavy atom.